The number of halogens is 1. The molecular formula is C20H18ClNO3S. The van der Waals surface area contributed by atoms with Gasteiger partial charge in [-0.05, 0) is 18.1 Å². The highest BCUT2D eigenvalue weighted by atomic mass is 35.5. The second kappa shape index (κ2) is 6.97. The normalized spacial score (nSPS) is 24.6. The average Bonchev–Trinajstić information content (AvgIpc) is 3.21. The van der Waals surface area contributed by atoms with Crippen LogP contribution in [0.25, 0.3) is 0 Å². The molecule has 2 aliphatic heterocycles. The Labute approximate surface area is 161 Å². The molecule has 2 saturated heterocycles. The maximum atomic E-state index is 12.7. The number of fused-ring (bicyclic) bond motifs is 1. The number of amides is 1. The molecule has 2 aromatic rings. The first-order valence-electron chi connectivity index (χ1n) is 8.53. The van der Waals surface area contributed by atoms with E-state index in [-0.39, 0.29) is 18.5 Å². The number of carbonyl (C=O) groups excluding carboxylic acids is 2. The number of benzene rings is 2. The smallest absolute Gasteiger partial charge is 0.330 e. The molecule has 0 radical (unpaired) electrons. The minimum absolute atomic E-state index is 0.0125. The summed E-state index contributed by atoms with van der Waals surface area (Å²) in [5.74, 6) is 0.186. The number of hydrogen-bond acceptors (Lipinski definition) is 4. The molecular weight excluding hydrogens is 370 g/mol. The van der Waals surface area contributed by atoms with Gasteiger partial charge in [0.2, 0.25) is 5.91 Å². The molecule has 4 rings (SSSR count). The lowest BCUT2D eigenvalue weighted by atomic mass is 10.0. The van der Waals surface area contributed by atoms with E-state index in [4.69, 9.17) is 16.3 Å². The summed E-state index contributed by atoms with van der Waals surface area (Å²) >= 11 is 7.78. The molecule has 2 heterocycles. The summed E-state index contributed by atoms with van der Waals surface area (Å²) in [5, 5.41) is 0.567. The summed E-state index contributed by atoms with van der Waals surface area (Å²) in [6, 6.07) is 16.7. The lowest BCUT2D eigenvalue weighted by Gasteiger charge is -2.33. The van der Waals surface area contributed by atoms with Gasteiger partial charge < -0.3 is 9.64 Å². The predicted molar refractivity (Wildman–Crippen MR) is 102 cm³/mol. The molecule has 0 N–H and O–H groups in total. The van der Waals surface area contributed by atoms with E-state index < -0.39 is 10.9 Å². The van der Waals surface area contributed by atoms with Crippen LogP contribution in [0.5, 0.6) is 0 Å². The van der Waals surface area contributed by atoms with Gasteiger partial charge in [0.25, 0.3) is 0 Å². The zero-order chi connectivity index (χ0) is 18.1. The van der Waals surface area contributed by atoms with E-state index in [1.165, 1.54) is 0 Å². The fourth-order valence-corrected chi connectivity index (χ4v) is 5.50. The third-order valence-corrected chi connectivity index (χ3v) is 6.92. The Kier molecular flexibility index (Phi) is 4.67. The second-order valence-corrected chi connectivity index (χ2v) is 8.14. The van der Waals surface area contributed by atoms with Crippen LogP contribution in [-0.2, 0) is 25.8 Å². The van der Waals surface area contributed by atoms with Gasteiger partial charge in [0, 0.05) is 22.8 Å². The van der Waals surface area contributed by atoms with Crippen molar-refractivity contribution >= 4 is 35.2 Å². The van der Waals surface area contributed by atoms with Gasteiger partial charge in [-0.3, -0.25) is 4.79 Å². The number of thioether (sulfide) groups is 1. The van der Waals surface area contributed by atoms with Crippen molar-refractivity contribution in [3.63, 3.8) is 0 Å². The van der Waals surface area contributed by atoms with E-state index >= 15 is 0 Å². The predicted octanol–water partition coefficient (Wildman–Crippen LogP) is 3.97. The van der Waals surface area contributed by atoms with Crippen LogP contribution in [0.15, 0.2) is 54.6 Å². The molecule has 0 unspecified atom stereocenters. The third-order valence-electron chi connectivity index (χ3n) is 4.95. The van der Waals surface area contributed by atoms with E-state index in [0.717, 1.165) is 17.5 Å². The molecule has 0 bridgehead atoms. The van der Waals surface area contributed by atoms with Crippen LogP contribution in [0, 0.1) is 0 Å². The highest BCUT2D eigenvalue weighted by Gasteiger charge is 2.57. The second-order valence-electron chi connectivity index (χ2n) is 6.44. The minimum atomic E-state index is -0.558. The molecule has 2 aliphatic rings. The maximum absolute atomic E-state index is 12.7. The Morgan fingerprint density at radius 1 is 1.19 bits per heavy atom. The fraction of sp³-hybridized carbons (Fsp3) is 0.300. The molecule has 2 fully saturated rings. The standard InChI is InChI=1S/C20H18ClNO3S/c21-16-9-5-4-6-14(16)12-25-19(24)17-13-26-20(11-10-18(23)22(17)20)15-7-2-1-3-8-15/h1-9,17H,10-13H2/t17-,20-/m1/s1. The molecule has 2 atom stereocenters. The first-order valence-corrected chi connectivity index (χ1v) is 9.90. The minimum Gasteiger partial charge on any atom is -0.459 e. The largest absolute Gasteiger partial charge is 0.459 e. The van der Waals surface area contributed by atoms with Crippen molar-refractivity contribution in [2.24, 2.45) is 0 Å². The summed E-state index contributed by atoms with van der Waals surface area (Å²) in [6.07, 6.45) is 1.17. The molecule has 134 valence electrons. The SMILES string of the molecule is O=C(OCc1ccccc1Cl)[C@H]1CS[C@@]2(c3ccccc3)CCC(=O)N12. The van der Waals surface area contributed by atoms with Crippen molar-refractivity contribution in [2.45, 2.75) is 30.4 Å². The summed E-state index contributed by atoms with van der Waals surface area (Å²) in [5.41, 5.74) is 1.83. The third kappa shape index (κ3) is 2.89. The van der Waals surface area contributed by atoms with Gasteiger partial charge in [-0.15, -0.1) is 11.8 Å². The van der Waals surface area contributed by atoms with Gasteiger partial charge in [0.15, 0.2) is 0 Å². The van der Waals surface area contributed by atoms with E-state index in [1.54, 1.807) is 22.7 Å². The molecule has 2 aromatic carbocycles. The van der Waals surface area contributed by atoms with E-state index in [9.17, 15) is 9.59 Å². The van der Waals surface area contributed by atoms with E-state index in [1.807, 2.05) is 48.5 Å². The fourth-order valence-electron chi connectivity index (χ4n) is 3.68. The number of nitrogens with zero attached hydrogens (tertiary/aromatic N) is 1. The Morgan fingerprint density at radius 3 is 2.69 bits per heavy atom. The Hall–Kier alpha value is -1.98. The molecule has 0 aliphatic carbocycles. The molecule has 0 spiro atoms. The van der Waals surface area contributed by atoms with Crippen LogP contribution in [0.3, 0.4) is 0 Å². The van der Waals surface area contributed by atoms with Crippen LogP contribution in [0.4, 0.5) is 0 Å². The average molecular weight is 388 g/mol. The molecule has 26 heavy (non-hydrogen) atoms. The van der Waals surface area contributed by atoms with Crippen molar-refractivity contribution in [1.29, 1.82) is 0 Å². The number of ether oxygens (including phenoxy) is 1. The number of hydrogen-bond donors (Lipinski definition) is 0. The van der Waals surface area contributed by atoms with Crippen molar-refractivity contribution in [1.82, 2.24) is 4.90 Å². The van der Waals surface area contributed by atoms with Gasteiger partial charge >= 0.3 is 5.97 Å². The topological polar surface area (TPSA) is 46.6 Å². The van der Waals surface area contributed by atoms with Gasteiger partial charge in [-0.1, -0.05) is 60.1 Å². The van der Waals surface area contributed by atoms with Crippen LogP contribution < -0.4 is 0 Å². The van der Waals surface area contributed by atoms with Crippen LogP contribution in [0.2, 0.25) is 5.02 Å². The summed E-state index contributed by atoms with van der Waals surface area (Å²) in [7, 11) is 0. The monoisotopic (exact) mass is 387 g/mol. The first kappa shape index (κ1) is 17.4. The van der Waals surface area contributed by atoms with Crippen molar-refractivity contribution in [3.05, 3.63) is 70.7 Å². The van der Waals surface area contributed by atoms with Crippen LogP contribution in [0.1, 0.15) is 24.0 Å². The molecule has 6 heteroatoms. The first-order chi connectivity index (χ1) is 12.6. The van der Waals surface area contributed by atoms with E-state index in [2.05, 4.69) is 0 Å². The van der Waals surface area contributed by atoms with E-state index in [0.29, 0.717) is 17.2 Å². The van der Waals surface area contributed by atoms with Crippen LogP contribution >= 0.6 is 23.4 Å². The highest BCUT2D eigenvalue weighted by Crippen LogP contribution is 2.54. The van der Waals surface area contributed by atoms with Crippen molar-refractivity contribution in [2.75, 3.05) is 5.75 Å². The lowest BCUT2D eigenvalue weighted by molar-refractivity contribution is -0.155. The van der Waals surface area contributed by atoms with Crippen molar-refractivity contribution < 1.29 is 14.3 Å². The highest BCUT2D eigenvalue weighted by molar-refractivity contribution is 8.00. The summed E-state index contributed by atoms with van der Waals surface area (Å²) in [4.78, 5) is 26.6. The van der Waals surface area contributed by atoms with Gasteiger partial charge in [-0.25, -0.2) is 4.79 Å². The zero-order valence-electron chi connectivity index (χ0n) is 14.1. The number of rotatable bonds is 4. The molecule has 0 saturated carbocycles. The number of esters is 1. The Morgan fingerprint density at radius 2 is 1.92 bits per heavy atom. The van der Waals surface area contributed by atoms with Gasteiger partial charge in [0.05, 0.1) is 0 Å². The Balaban J connectivity index is 1.54. The Bertz CT molecular complexity index is 844. The summed E-state index contributed by atoms with van der Waals surface area (Å²) < 4.78 is 5.50. The maximum Gasteiger partial charge on any atom is 0.330 e. The quantitative estimate of drug-likeness (QED) is 0.744. The molecule has 0 aromatic heterocycles. The molecule has 1 amide bonds. The van der Waals surface area contributed by atoms with Gasteiger partial charge in [0.1, 0.15) is 17.5 Å². The van der Waals surface area contributed by atoms with Crippen LogP contribution in [-0.4, -0.2) is 28.6 Å². The lowest BCUT2D eigenvalue weighted by Crippen LogP contribution is -2.46. The van der Waals surface area contributed by atoms with Crippen molar-refractivity contribution in [3.8, 4) is 0 Å². The zero-order valence-corrected chi connectivity index (χ0v) is 15.6. The number of carbonyl (C=O) groups is 2. The van der Waals surface area contributed by atoms with Gasteiger partial charge in [-0.2, -0.15) is 0 Å². The molecule has 4 nitrogen and oxygen atoms in total. The summed E-state index contributed by atoms with van der Waals surface area (Å²) in [6.45, 7) is 0.111.